The van der Waals surface area contributed by atoms with E-state index in [1.807, 2.05) is 12.1 Å². The second kappa shape index (κ2) is 6.43. The fraction of sp³-hybridized carbons (Fsp3) is 0.333. The third kappa shape index (κ3) is 3.27. The van der Waals surface area contributed by atoms with E-state index in [-0.39, 0.29) is 4.88 Å². The Morgan fingerprint density at radius 3 is 2.86 bits per heavy atom. The summed E-state index contributed by atoms with van der Waals surface area (Å²) in [6, 6.07) is 7.19. The molecule has 1 aromatic heterocycles. The average molecular weight is 318 g/mol. The van der Waals surface area contributed by atoms with Crippen LogP contribution in [0.1, 0.15) is 14.7 Å². The molecule has 4 N–H and O–H groups in total. The molecule has 1 fully saturated rings. The number of aromatic carboxylic acids is 1. The first-order valence-electron chi connectivity index (χ1n) is 7.15. The van der Waals surface area contributed by atoms with Gasteiger partial charge in [-0.15, -0.1) is 11.3 Å². The van der Waals surface area contributed by atoms with Crippen LogP contribution < -0.4 is 11.1 Å². The van der Waals surface area contributed by atoms with Gasteiger partial charge in [0.05, 0.1) is 12.2 Å². The van der Waals surface area contributed by atoms with E-state index in [0.29, 0.717) is 17.9 Å². The van der Waals surface area contributed by atoms with Gasteiger partial charge in [0.2, 0.25) is 0 Å². The molecule has 1 aliphatic rings. The van der Waals surface area contributed by atoms with Crippen LogP contribution in [-0.4, -0.2) is 47.1 Å². The lowest BCUT2D eigenvalue weighted by atomic mass is 10.1. The second-order valence-corrected chi connectivity index (χ2v) is 6.33. The highest BCUT2D eigenvalue weighted by Crippen LogP contribution is 2.30. The predicted molar refractivity (Wildman–Crippen MR) is 87.1 cm³/mol. The Balaban J connectivity index is 1.90. The van der Waals surface area contributed by atoms with Gasteiger partial charge < -0.3 is 16.2 Å². The molecule has 0 atom stereocenters. The van der Waals surface area contributed by atoms with E-state index in [1.54, 1.807) is 12.1 Å². The number of benzene rings is 1. The summed E-state index contributed by atoms with van der Waals surface area (Å²) in [5.74, 6) is -0.943. The van der Waals surface area contributed by atoms with Crippen LogP contribution in [0.25, 0.3) is 11.3 Å². The maximum absolute atomic E-state index is 11.5. The lowest BCUT2D eigenvalue weighted by molar-refractivity contribution is 0.0702. The second-order valence-electron chi connectivity index (χ2n) is 5.24. The number of nitrogens with two attached hydrogens (primary N) is 1. The summed E-state index contributed by atoms with van der Waals surface area (Å²) < 4.78 is 0. The van der Waals surface area contributed by atoms with E-state index in [1.165, 1.54) is 11.3 Å². The number of piperazine rings is 1. The number of nitrogen functional groups attached to an aromatic ring is 1. The number of hydrogen-bond donors (Lipinski definition) is 3. The number of carbonyl (C=O) groups is 1. The number of rotatable bonds is 4. The lowest BCUT2D eigenvalue weighted by Gasteiger charge is -2.26. The first kappa shape index (κ1) is 15.0. The first-order chi connectivity index (χ1) is 10.6. The molecule has 116 valence electrons. The Bertz CT molecular complexity index is 680. The SMILES string of the molecule is Nc1cccc(-c2nc(CN3CCNCC3)sc2C(=O)O)c1. The van der Waals surface area contributed by atoms with Gasteiger partial charge in [-0.1, -0.05) is 12.1 Å². The Kier molecular flexibility index (Phi) is 4.37. The van der Waals surface area contributed by atoms with Gasteiger partial charge in [0, 0.05) is 37.4 Å². The van der Waals surface area contributed by atoms with E-state index < -0.39 is 5.97 Å². The third-order valence-electron chi connectivity index (χ3n) is 3.59. The summed E-state index contributed by atoms with van der Waals surface area (Å²) in [4.78, 5) is 18.6. The minimum Gasteiger partial charge on any atom is -0.477 e. The molecule has 2 aromatic rings. The number of nitrogens with one attached hydrogen (secondary N) is 1. The summed E-state index contributed by atoms with van der Waals surface area (Å²) >= 11 is 1.25. The molecule has 2 heterocycles. The van der Waals surface area contributed by atoms with E-state index in [2.05, 4.69) is 15.2 Å². The molecule has 0 amide bonds. The Morgan fingerprint density at radius 2 is 2.18 bits per heavy atom. The number of hydrogen-bond acceptors (Lipinski definition) is 6. The van der Waals surface area contributed by atoms with Crippen LogP contribution in [-0.2, 0) is 6.54 Å². The van der Waals surface area contributed by atoms with Gasteiger partial charge in [-0.3, -0.25) is 4.90 Å². The van der Waals surface area contributed by atoms with Crippen molar-refractivity contribution < 1.29 is 9.90 Å². The predicted octanol–water partition coefficient (Wildman–Crippen LogP) is 1.50. The smallest absolute Gasteiger partial charge is 0.348 e. The number of anilines is 1. The van der Waals surface area contributed by atoms with Crippen LogP contribution in [0.2, 0.25) is 0 Å². The summed E-state index contributed by atoms with van der Waals surface area (Å²) in [7, 11) is 0. The van der Waals surface area contributed by atoms with Crippen LogP contribution in [0.15, 0.2) is 24.3 Å². The average Bonchev–Trinajstić information content (AvgIpc) is 2.92. The third-order valence-corrected chi connectivity index (χ3v) is 4.62. The molecule has 1 saturated heterocycles. The fourth-order valence-electron chi connectivity index (χ4n) is 2.52. The number of nitrogens with zero attached hydrogens (tertiary/aromatic N) is 2. The van der Waals surface area contributed by atoms with Gasteiger partial charge in [-0.05, 0) is 12.1 Å². The topological polar surface area (TPSA) is 91.5 Å². The Morgan fingerprint density at radius 1 is 1.41 bits per heavy atom. The minimum absolute atomic E-state index is 0.274. The van der Waals surface area contributed by atoms with Crippen LogP contribution in [0, 0.1) is 0 Å². The van der Waals surface area contributed by atoms with Gasteiger partial charge in [-0.2, -0.15) is 0 Å². The monoisotopic (exact) mass is 318 g/mol. The van der Waals surface area contributed by atoms with Gasteiger partial charge in [0.25, 0.3) is 0 Å². The van der Waals surface area contributed by atoms with E-state index in [0.717, 1.165) is 36.8 Å². The van der Waals surface area contributed by atoms with Crippen LogP contribution >= 0.6 is 11.3 Å². The molecule has 3 rings (SSSR count). The molecule has 0 spiro atoms. The van der Waals surface area contributed by atoms with Crippen molar-refractivity contribution in [1.29, 1.82) is 0 Å². The molecular weight excluding hydrogens is 300 g/mol. The highest BCUT2D eigenvalue weighted by Gasteiger charge is 2.20. The molecule has 0 radical (unpaired) electrons. The van der Waals surface area contributed by atoms with Crippen LogP contribution in [0.5, 0.6) is 0 Å². The van der Waals surface area contributed by atoms with Crippen molar-refractivity contribution >= 4 is 23.0 Å². The molecule has 0 saturated carbocycles. The number of carboxylic acids is 1. The molecule has 1 aliphatic heterocycles. The van der Waals surface area contributed by atoms with Crippen molar-refractivity contribution in [2.24, 2.45) is 0 Å². The van der Waals surface area contributed by atoms with Gasteiger partial charge in [0.1, 0.15) is 9.88 Å². The molecule has 6 nitrogen and oxygen atoms in total. The number of aromatic nitrogens is 1. The molecule has 1 aromatic carbocycles. The van der Waals surface area contributed by atoms with Gasteiger partial charge >= 0.3 is 5.97 Å². The Hall–Kier alpha value is -1.96. The van der Waals surface area contributed by atoms with Crippen molar-refractivity contribution in [2.45, 2.75) is 6.54 Å². The van der Waals surface area contributed by atoms with Crippen molar-refractivity contribution in [1.82, 2.24) is 15.2 Å². The summed E-state index contributed by atoms with van der Waals surface area (Å²) in [6.07, 6.45) is 0. The quantitative estimate of drug-likeness (QED) is 0.740. The molecule has 0 bridgehead atoms. The van der Waals surface area contributed by atoms with Crippen LogP contribution in [0.3, 0.4) is 0 Å². The summed E-state index contributed by atoms with van der Waals surface area (Å²) in [6.45, 7) is 4.51. The van der Waals surface area contributed by atoms with E-state index >= 15 is 0 Å². The zero-order valence-electron chi connectivity index (χ0n) is 12.1. The number of carboxylic acid groups (broad SMARTS) is 1. The molecule has 0 unspecified atom stereocenters. The van der Waals surface area contributed by atoms with Gasteiger partial charge in [-0.25, -0.2) is 9.78 Å². The highest BCUT2D eigenvalue weighted by atomic mass is 32.1. The van der Waals surface area contributed by atoms with E-state index in [4.69, 9.17) is 5.73 Å². The van der Waals surface area contributed by atoms with Crippen molar-refractivity contribution in [3.8, 4) is 11.3 Å². The zero-order valence-corrected chi connectivity index (χ0v) is 12.9. The van der Waals surface area contributed by atoms with Crippen LogP contribution in [0.4, 0.5) is 5.69 Å². The molecule has 0 aliphatic carbocycles. The zero-order chi connectivity index (χ0) is 15.5. The number of thiazole rings is 1. The first-order valence-corrected chi connectivity index (χ1v) is 7.97. The standard InChI is InChI=1S/C15H18N4O2S/c16-11-3-1-2-10(8-11)13-14(15(20)21)22-12(18-13)9-19-6-4-17-5-7-19/h1-3,8,17H,4-7,9,16H2,(H,20,21). The molecular formula is C15H18N4O2S. The van der Waals surface area contributed by atoms with Crippen molar-refractivity contribution in [3.63, 3.8) is 0 Å². The van der Waals surface area contributed by atoms with Gasteiger partial charge in [0.15, 0.2) is 0 Å². The maximum Gasteiger partial charge on any atom is 0.348 e. The normalized spacial score (nSPS) is 15.8. The van der Waals surface area contributed by atoms with Crippen molar-refractivity contribution in [2.75, 3.05) is 31.9 Å². The maximum atomic E-state index is 11.5. The highest BCUT2D eigenvalue weighted by molar-refractivity contribution is 7.14. The molecule has 7 heteroatoms. The fourth-order valence-corrected chi connectivity index (χ4v) is 3.49. The summed E-state index contributed by atoms with van der Waals surface area (Å²) in [5, 5.41) is 13.6. The van der Waals surface area contributed by atoms with E-state index in [9.17, 15) is 9.90 Å². The minimum atomic E-state index is -0.943. The molecule has 22 heavy (non-hydrogen) atoms. The Labute approximate surface area is 132 Å². The lowest BCUT2D eigenvalue weighted by Crippen LogP contribution is -2.42. The largest absolute Gasteiger partial charge is 0.477 e. The van der Waals surface area contributed by atoms with Crippen molar-refractivity contribution in [3.05, 3.63) is 34.2 Å². The summed E-state index contributed by atoms with van der Waals surface area (Å²) in [5.41, 5.74) is 7.65.